The molecule has 0 heterocycles. The van der Waals surface area contributed by atoms with Gasteiger partial charge in [-0.2, -0.15) is 0 Å². The first-order valence-electron chi connectivity index (χ1n) is 4.80. The molecule has 18 heavy (non-hydrogen) atoms. The van der Waals surface area contributed by atoms with Gasteiger partial charge in [-0.25, -0.2) is 9.59 Å². The minimum atomic E-state index is -1.32. The summed E-state index contributed by atoms with van der Waals surface area (Å²) in [4.78, 5) is 33.3. The number of hydrogen-bond donors (Lipinski definition) is 3. The van der Waals surface area contributed by atoms with E-state index in [4.69, 9.17) is 10.2 Å². The van der Waals surface area contributed by atoms with E-state index >= 15 is 0 Å². The van der Waals surface area contributed by atoms with Gasteiger partial charge in [-0.1, -0.05) is 5.92 Å². The molecule has 1 amide bonds. The minimum absolute atomic E-state index is 0.172. The molecule has 0 aliphatic heterocycles. The Morgan fingerprint density at radius 1 is 1.11 bits per heavy atom. The molecule has 92 valence electrons. The van der Waals surface area contributed by atoms with Gasteiger partial charge in [0.2, 0.25) is 0 Å². The summed E-state index contributed by atoms with van der Waals surface area (Å²) in [6.07, 6.45) is 0. The van der Waals surface area contributed by atoms with Crippen molar-refractivity contribution in [1.29, 1.82) is 0 Å². The summed E-state index contributed by atoms with van der Waals surface area (Å²) in [6.45, 7) is 1.49. The first-order chi connectivity index (χ1) is 8.47. The van der Waals surface area contributed by atoms with Gasteiger partial charge in [-0.05, 0) is 25.1 Å². The van der Waals surface area contributed by atoms with Crippen LogP contribution in [0.3, 0.4) is 0 Å². The normalized spacial score (nSPS) is 8.94. The van der Waals surface area contributed by atoms with E-state index in [2.05, 4.69) is 17.3 Å². The third-order valence-electron chi connectivity index (χ3n) is 2.04. The number of hydrogen-bond acceptors (Lipinski definition) is 3. The van der Waals surface area contributed by atoms with E-state index in [0.717, 1.165) is 18.2 Å². The lowest BCUT2D eigenvalue weighted by molar-refractivity contribution is 0.0678. The first-order valence-corrected chi connectivity index (χ1v) is 4.80. The molecule has 0 saturated carbocycles. The van der Waals surface area contributed by atoms with Crippen molar-refractivity contribution in [2.24, 2.45) is 0 Å². The van der Waals surface area contributed by atoms with Crippen LogP contribution >= 0.6 is 0 Å². The van der Waals surface area contributed by atoms with E-state index in [1.54, 1.807) is 0 Å². The van der Waals surface area contributed by atoms with Gasteiger partial charge in [0, 0.05) is 6.04 Å². The monoisotopic (exact) mass is 247 g/mol. The topological polar surface area (TPSA) is 104 Å². The van der Waals surface area contributed by atoms with Crippen LogP contribution in [0.2, 0.25) is 0 Å². The minimum Gasteiger partial charge on any atom is -0.478 e. The van der Waals surface area contributed by atoms with Gasteiger partial charge in [-0.15, -0.1) is 0 Å². The zero-order chi connectivity index (χ0) is 13.7. The molecule has 0 fully saturated rings. The van der Waals surface area contributed by atoms with Crippen molar-refractivity contribution in [3.8, 4) is 12.0 Å². The second-order valence-electron chi connectivity index (χ2n) is 3.20. The molecule has 6 nitrogen and oxygen atoms in total. The Labute approximate surface area is 102 Å². The van der Waals surface area contributed by atoms with Crippen LogP contribution in [-0.4, -0.2) is 28.1 Å². The number of amides is 1. The predicted molar refractivity (Wildman–Crippen MR) is 61.3 cm³/mol. The summed E-state index contributed by atoms with van der Waals surface area (Å²) in [5.41, 5.74) is -0.699. The van der Waals surface area contributed by atoms with Crippen molar-refractivity contribution in [3.05, 3.63) is 34.9 Å². The molecule has 0 aliphatic rings. The van der Waals surface area contributed by atoms with E-state index in [1.165, 1.54) is 6.92 Å². The Balaban J connectivity index is 3.30. The predicted octanol–water partition coefficient (Wildman–Crippen LogP) is 0.794. The van der Waals surface area contributed by atoms with Crippen molar-refractivity contribution >= 4 is 17.8 Å². The van der Waals surface area contributed by atoms with Gasteiger partial charge in [0.25, 0.3) is 5.91 Å². The molecule has 3 N–H and O–H groups in total. The second kappa shape index (κ2) is 5.50. The zero-order valence-electron chi connectivity index (χ0n) is 9.35. The average molecular weight is 247 g/mol. The highest BCUT2D eigenvalue weighted by molar-refractivity contribution is 6.06. The lowest BCUT2D eigenvalue weighted by atomic mass is 10.0. The van der Waals surface area contributed by atoms with E-state index in [1.807, 2.05) is 0 Å². The number of nitrogens with one attached hydrogen (secondary N) is 1. The van der Waals surface area contributed by atoms with Crippen LogP contribution in [0, 0.1) is 12.0 Å². The van der Waals surface area contributed by atoms with Crippen LogP contribution in [0.1, 0.15) is 38.0 Å². The lowest BCUT2D eigenvalue weighted by Gasteiger charge is -2.05. The molecule has 1 aromatic carbocycles. The molecule has 0 radical (unpaired) electrons. The summed E-state index contributed by atoms with van der Waals surface area (Å²) in [6, 6.07) is 5.46. The van der Waals surface area contributed by atoms with Gasteiger partial charge >= 0.3 is 11.9 Å². The van der Waals surface area contributed by atoms with Crippen molar-refractivity contribution in [2.75, 3.05) is 0 Å². The molecule has 6 heteroatoms. The van der Waals surface area contributed by atoms with Gasteiger partial charge in [0.1, 0.15) is 0 Å². The Hall–Kier alpha value is -2.81. The van der Waals surface area contributed by atoms with Crippen molar-refractivity contribution < 1.29 is 24.6 Å². The van der Waals surface area contributed by atoms with Gasteiger partial charge in [0.05, 0.1) is 16.7 Å². The number of aromatic carboxylic acids is 2. The molecule has 0 spiro atoms. The number of carbonyl (C=O) groups excluding carboxylic acids is 1. The molecule has 0 aromatic heterocycles. The molecule has 0 saturated heterocycles. The number of rotatable bonds is 3. The number of carboxylic acids is 2. The fourth-order valence-corrected chi connectivity index (χ4v) is 1.24. The number of benzene rings is 1. The molecule has 0 bridgehead atoms. The lowest BCUT2D eigenvalue weighted by Crippen LogP contribution is -2.21. The maximum atomic E-state index is 11.6. The van der Waals surface area contributed by atoms with E-state index in [-0.39, 0.29) is 16.7 Å². The third kappa shape index (κ3) is 2.86. The van der Waals surface area contributed by atoms with E-state index in [9.17, 15) is 14.4 Å². The fourth-order valence-electron chi connectivity index (χ4n) is 1.24. The van der Waals surface area contributed by atoms with Gasteiger partial charge < -0.3 is 10.2 Å². The van der Waals surface area contributed by atoms with Crippen LogP contribution in [-0.2, 0) is 0 Å². The average Bonchev–Trinajstić information content (AvgIpc) is 2.34. The summed E-state index contributed by atoms with van der Waals surface area (Å²) in [5, 5.41) is 19.8. The van der Waals surface area contributed by atoms with Crippen LogP contribution in [0.25, 0.3) is 0 Å². The molecular weight excluding hydrogens is 238 g/mol. The smallest absolute Gasteiger partial charge is 0.336 e. The molecule has 1 aromatic rings. The van der Waals surface area contributed by atoms with Crippen LogP contribution < -0.4 is 5.32 Å². The van der Waals surface area contributed by atoms with Crippen molar-refractivity contribution in [1.82, 2.24) is 5.32 Å². The summed E-state index contributed by atoms with van der Waals surface area (Å²) >= 11 is 0. The Bertz CT molecular complexity index is 580. The van der Waals surface area contributed by atoms with Gasteiger partial charge in [-0.3, -0.25) is 10.1 Å². The first kappa shape index (κ1) is 13.3. The van der Waals surface area contributed by atoms with Crippen molar-refractivity contribution in [3.63, 3.8) is 0 Å². The highest BCUT2D eigenvalue weighted by Crippen LogP contribution is 2.12. The van der Waals surface area contributed by atoms with Crippen molar-refractivity contribution in [2.45, 2.75) is 6.92 Å². The molecular formula is C12H9NO5. The molecule has 0 unspecified atom stereocenters. The Kier molecular flexibility index (Phi) is 4.05. The SMILES string of the molecule is CC#CNC(=O)c1cc(C(=O)O)ccc1C(=O)O. The maximum Gasteiger partial charge on any atom is 0.336 e. The van der Waals surface area contributed by atoms with E-state index < -0.39 is 17.8 Å². The maximum absolute atomic E-state index is 11.6. The zero-order valence-corrected chi connectivity index (χ0v) is 9.35. The quantitative estimate of drug-likeness (QED) is 0.541. The summed E-state index contributed by atoms with van der Waals surface area (Å²) < 4.78 is 0. The fraction of sp³-hybridized carbons (Fsp3) is 0.0833. The molecule has 1 rings (SSSR count). The Morgan fingerprint density at radius 3 is 2.28 bits per heavy atom. The van der Waals surface area contributed by atoms with Crippen LogP contribution in [0.15, 0.2) is 18.2 Å². The third-order valence-corrected chi connectivity index (χ3v) is 2.04. The highest BCUT2D eigenvalue weighted by atomic mass is 16.4. The standard InChI is InChI=1S/C12H9NO5/c1-2-5-13-10(14)9-6-7(11(15)16)3-4-8(9)12(17)18/h3-4,6H,1H3,(H,13,14)(H,15,16)(H,17,18). The Morgan fingerprint density at radius 2 is 1.78 bits per heavy atom. The largest absolute Gasteiger partial charge is 0.478 e. The molecule has 0 aliphatic carbocycles. The summed E-state index contributed by atoms with van der Waals surface area (Å²) in [5.74, 6) is -0.916. The summed E-state index contributed by atoms with van der Waals surface area (Å²) in [7, 11) is 0. The van der Waals surface area contributed by atoms with Crippen LogP contribution in [0.4, 0.5) is 0 Å². The second-order valence-corrected chi connectivity index (χ2v) is 3.20. The van der Waals surface area contributed by atoms with Gasteiger partial charge in [0.15, 0.2) is 0 Å². The highest BCUT2D eigenvalue weighted by Gasteiger charge is 2.18. The number of carboxylic acid groups (broad SMARTS) is 2. The molecule has 0 atom stereocenters. The van der Waals surface area contributed by atoms with E-state index in [0.29, 0.717) is 0 Å². The van der Waals surface area contributed by atoms with Crippen LogP contribution in [0.5, 0.6) is 0 Å². The number of carbonyl (C=O) groups is 3.